The Morgan fingerprint density at radius 1 is 1.17 bits per heavy atom. The molecule has 1 saturated heterocycles. The molecule has 1 aromatic carbocycles. The SMILES string of the molecule is NC(=S)N/N=C/c1ccc(N2CCN(c3ccccc3F)CC2)o1. The van der Waals surface area contributed by atoms with Gasteiger partial charge in [0.2, 0.25) is 0 Å². The zero-order valence-electron chi connectivity index (χ0n) is 13.0. The van der Waals surface area contributed by atoms with Crippen molar-refractivity contribution < 1.29 is 8.81 Å². The smallest absolute Gasteiger partial charge is 0.196 e. The van der Waals surface area contributed by atoms with E-state index in [-0.39, 0.29) is 10.9 Å². The number of benzene rings is 1. The van der Waals surface area contributed by atoms with Crippen LogP contribution in [0.25, 0.3) is 0 Å². The summed E-state index contributed by atoms with van der Waals surface area (Å²) >= 11 is 4.66. The number of rotatable bonds is 4. The van der Waals surface area contributed by atoms with Crippen molar-refractivity contribution in [3.63, 3.8) is 0 Å². The van der Waals surface area contributed by atoms with Gasteiger partial charge in [0, 0.05) is 32.2 Å². The Morgan fingerprint density at radius 2 is 1.88 bits per heavy atom. The average molecular weight is 347 g/mol. The molecule has 0 spiro atoms. The topological polar surface area (TPSA) is 70.0 Å². The second kappa shape index (κ2) is 7.31. The Hall–Kier alpha value is -2.61. The quantitative estimate of drug-likeness (QED) is 0.500. The van der Waals surface area contributed by atoms with Gasteiger partial charge in [0.1, 0.15) is 11.6 Å². The summed E-state index contributed by atoms with van der Waals surface area (Å²) in [5.74, 6) is 1.18. The van der Waals surface area contributed by atoms with E-state index < -0.39 is 0 Å². The van der Waals surface area contributed by atoms with Crippen LogP contribution in [0.3, 0.4) is 0 Å². The maximum Gasteiger partial charge on any atom is 0.196 e. The van der Waals surface area contributed by atoms with Crippen molar-refractivity contribution in [1.29, 1.82) is 0 Å². The van der Waals surface area contributed by atoms with E-state index >= 15 is 0 Å². The summed E-state index contributed by atoms with van der Waals surface area (Å²) in [5, 5.41) is 3.96. The second-order valence-electron chi connectivity index (χ2n) is 5.34. The van der Waals surface area contributed by atoms with Gasteiger partial charge < -0.3 is 20.0 Å². The first-order valence-corrected chi connectivity index (χ1v) is 7.97. The highest BCUT2D eigenvalue weighted by Gasteiger charge is 2.21. The predicted octanol–water partition coefficient (Wildman–Crippen LogP) is 1.91. The third kappa shape index (κ3) is 3.83. The lowest BCUT2D eigenvalue weighted by atomic mass is 10.2. The first-order valence-electron chi connectivity index (χ1n) is 7.56. The number of nitrogens with one attached hydrogen (secondary N) is 1. The summed E-state index contributed by atoms with van der Waals surface area (Å²) in [6.45, 7) is 2.97. The van der Waals surface area contributed by atoms with E-state index in [9.17, 15) is 4.39 Å². The van der Waals surface area contributed by atoms with Crippen molar-refractivity contribution in [1.82, 2.24) is 5.43 Å². The minimum atomic E-state index is -0.187. The molecule has 0 radical (unpaired) electrons. The standard InChI is InChI=1S/C16H18FN5OS/c17-13-3-1-2-4-14(13)21-7-9-22(10-8-21)15-6-5-12(23-15)11-19-20-16(18)24/h1-6,11H,7-10H2,(H3,18,20,24)/b19-11+. The molecule has 6 nitrogen and oxygen atoms in total. The van der Waals surface area contributed by atoms with E-state index in [2.05, 4.69) is 27.6 Å². The number of thiocarbonyl (C=S) groups is 1. The van der Waals surface area contributed by atoms with Gasteiger partial charge in [-0.15, -0.1) is 0 Å². The lowest BCUT2D eigenvalue weighted by Gasteiger charge is -2.36. The molecule has 2 aromatic rings. The lowest BCUT2D eigenvalue weighted by molar-refractivity contribution is 0.518. The minimum absolute atomic E-state index is 0.0993. The van der Waals surface area contributed by atoms with Crippen LogP contribution in [0.15, 0.2) is 45.9 Å². The summed E-state index contributed by atoms with van der Waals surface area (Å²) in [6, 6.07) is 10.6. The van der Waals surface area contributed by atoms with E-state index in [0.717, 1.165) is 32.1 Å². The van der Waals surface area contributed by atoms with Crippen LogP contribution >= 0.6 is 12.2 Å². The molecular formula is C16H18FN5OS. The Kier molecular flexibility index (Phi) is 4.95. The van der Waals surface area contributed by atoms with Crippen LogP contribution in [0.2, 0.25) is 0 Å². The van der Waals surface area contributed by atoms with Crippen molar-refractivity contribution in [2.24, 2.45) is 10.8 Å². The molecular weight excluding hydrogens is 329 g/mol. The molecule has 3 N–H and O–H groups in total. The molecule has 1 aliphatic heterocycles. The summed E-state index contributed by atoms with van der Waals surface area (Å²) in [7, 11) is 0. The van der Waals surface area contributed by atoms with Gasteiger partial charge >= 0.3 is 0 Å². The Balaban J connectivity index is 1.59. The molecule has 1 fully saturated rings. The number of nitrogens with two attached hydrogens (primary N) is 1. The number of nitrogens with zero attached hydrogens (tertiary/aromatic N) is 3. The van der Waals surface area contributed by atoms with Crippen LogP contribution in [-0.2, 0) is 0 Å². The van der Waals surface area contributed by atoms with E-state index in [0.29, 0.717) is 11.4 Å². The van der Waals surface area contributed by atoms with Crippen LogP contribution in [0.4, 0.5) is 16.0 Å². The van der Waals surface area contributed by atoms with Crippen molar-refractivity contribution in [3.05, 3.63) is 48.0 Å². The van der Waals surface area contributed by atoms with Gasteiger partial charge in [-0.25, -0.2) is 4.39 Å². The zero-order valence-corrected chi connectivity index (χ0v) is 13.8. The Morgan fingerprint density at radius 3 is 2.58 bits per heavy atom. The fourth-order valence-electron chi connectivity index (χ4n) is 2.62. The molecule has 3 rings (SSSR count). The number of anilines is 2. The Labute approximate surface area is 144 Å². The van der Waals surface area contributed by atoms with Crippen molar-refractivity contribution >= 4 is 35.1 Å². The van der Waals surface area contributed by atoms with Crippen LogP contribution in [0.1, 0.15) is 5.76 Å². The summed E-state index contributed by atoms with van der Waals surface area (Å²) in [6.07, 6.45) is 1.51. The number of hydrazone groups is 1. The monoisotopic (exact) mass is 347 g/mol. The van der Waals surface area contributed by atoms with E-state index in [1.807, 2.05) is 23.1 Å². The first kappa shape index (κ1) is 16.3. The van der Waals surface area contributed by atoms with Gasteiger partial charge in [-0.1, -0.05) is 12.1 Å². The highest BCUT2D eigenvalue weighted by atomic mass is 32.1. The van der Waals surface area contributed by atoms with Gasteiger partial charge in [-0.05, 0) is 30.4 Å². The van der Waals surface area contributed by atoms with Crippen molar-refractivity contribution in [3.8, 4) is 0 Å². The number of piperazine rings is 1. The molecule has 1 aliphatic rings. The molecule has 0 atom stereocenters. The summed E-state index contributed by atoms with van der Waals surface area (Å²) in [4.78, 5) is 4.17. The fourth-order valence-corrected chi connectivity index (χ4v) is 2.67. The summed E-state index contributed by atoms with van der Waals surface area (Å²) < 4.78 is 19.6. The molecule has 0 bridgehead atoms. The number of furan rings is 1. The minimum Gasteiger partial charge on any atom is -0.440 e. The fraction of sp³-hybridized carbons (Fsp3) is 0.250. The van der Waals surface area contributed by atoms with E-state index in [4.69, 9.17) is 10.2 Å². The number of hydrogen-bond acceptors (Lipinski definition) is 5. The predicted molar refractivity (Wildman–Crippen MR) is 97.0 cm³/mol. The normalized spacial score (nSPS) is 15.0. The molecule has 0 unspecified atom stereocenters. The third-order valence-electron chi connectivity index (χ3n) is 3.76. The third-order valence-corrected chi connectivity index (χ3v) is 3.85. The van der Waals surface area contributed by atoms with Crippen LogP contribution in [0, 0.1) is 5.82 Å². The van der Waals surface area contributed by atoms with Gasteiger partial charge in [-0.3, -0.25) is 5.43 Å². The van der Waals surface area contributed by atoms with Gasteiger partial charge in [0.25, 0.3) is 0 Å². The van der Waals surface area contributed by atoms with Crippen LogP contribution < -0.4 is 21.0 Å². The van der Waals surface area contributed by atoms with Crippen LogP contribution in [-0.4, -0.2) is 37.5 Å². The van der Waals surface area contributed by atoms with Crippen molar-refractivity contribution in [2.75, 3.05) is 36.0 Å². The Bertz CT molecular complexity index is 740. The van der Waals surface area contributed by atoms with Crippen LogP contribution in [0.5, 0.6) is 0 Å². The molecule has 0 aliphatic carbocycles. The van der Waals surface area contributed by atoms with E-state index in [1.165, 1.54) is 12.3 Å². The van der Waals surface area contributed by atoms with Gasteiger partial charge in [0.15, 0.2) is 11.0 Å². The lowest BCUT2D eigenvalue weighted by Crippen LogP contribution is -2.46. The average Bonchev–Trinajstić information content (AvgIpc) is 3.04. The molecule has 0 amide bonds. The molecule has 0 saturated carbocycles. The molecule has 2 heterocycles. The van der Waals surface area contributed by atoms with Gasteiger partial charge in [-0.2, -0.15) is 5.10 Å². The summed E-state index contributed by atoms with van der Waals surface area (Å²) in [5.41, 5.74) is 8.41. The molecule has 1 aromatic heterocycles. The molecule has 126 valence electrons. The van der Waals surface area contributed by atoms with Crippen molar-refractivity contribution in [2.45, 2.75) is 0 Å². The number of halogens is 1. The molecule has 8 heteroatoms. The number of hydrogen-bond donors (Lipinski definition) is 2. The highest BCUT2D eigenvalue weighted by molar-refractivity contribution is 7.80. The first-order chi connectivity index (χ1) is 11.6. The van der Waals surface area contributed by atoms with Gasteiger partial charge in [0.05, 0.1) is 11.9 Å². The second-order valence-corrected chi connectivity index (χ2v) is 5.78. The highest BCUT2D eigenvalue weighted by Crippen LogP contribution is 2.23. The maximum atomic E-state index is 13.9. The zero-order chi connectivity index (χ0) is 16.9. The largest absolute Gasteiger partial charge is 0.440 e. The maximum absolute atomic E-state index is 13.9. The van der Waals surface area contributed by atoms with E-state index in [1.54, 1.807) is 12.1 Å². The number of para-hydroxylation sites is 1. The molecule has 24 heavy (non-hydrogen) atoms.